The van der Waals surface area contributed by atoms with Gasteiger partial charge in [-0.2, -0.15) is 0 Å². The zero-order chi connectivity index (χ0) is 8.82. The molecular weight excluding hydrogens is 160 g/mol. The smallest absolute Gasteiger partial charge is 0.0549 e. The lowest BCUT2D eigenvalue weighted by Crippen LogP contribution is -2.42. The zero-order valence-corrected chi connectivity index (χ0v) is 9.56. The van der Waals surface area contributed by atoms with Crippen molar-refractivity contribution in [1.29, 1.82) is 0 Å². The predicted octanol–water partition coefficient (Wildman–Crippen LogP) is 3.83. The predicted molar refractivity (Wildman–Crippen MR) is 57.1 cm³/mol. The molecule has 0 spiro atoms. The fraction of sp³-hybridized carbons (Fsp3) is 0.818. The summed E-state index contributed by atoms with van der Waals surface area (Å²) >= 11 is 0. The maximum atomic E-state index is 2.58. The Morgan fingerprint density at radius 1 is 1.17 bits per heavy atom. The molecule has 3 aliphatic carbocycles. The van der Waals surface area contributed by atoms with Gasteiger partial charge < -0.3 is 0 Å². The first kappa shape index (κ1) is 8.55. The van der Waals surface area contributed by atoms with Gasteiger partial charge in [-0.05, 0) is 36.6 Å². The average Bonchev–Trinajstić information content (AvgIpc) is 2.06. The number of hydrogen-bond acceptors (Lipinski definition) is 0. The van der Waals surface area contributed by atoms with Crippen LogP contribution < -0.4 is 0 Å². The monoisotopic (exact) mass is 180 g/mol. The summed E-state index contributed by atoms with van der Waals surface area (Å²) in [5.74, 6) is 0.947. The largest absolute Gasteiger partial charge is 0.0852 e. The molecule has 0 amide bonds. The van der Waals surface area contributed by atoms with Crippen LogP contribution in [0.25, 0.3) is 0 Å². The zero-order valence-electron chi connectivity index (χ0n) is 8.56. The van der Waals surface area contributed by atoms with Crippen LogP contribution in [0.5, 0.6) is 0 Å². The molecule has 2 bridgehead atoms. The molecule has 0 N–H and O–H groups in total. The highest BCUT2D eigenvalue weighted by atomic mass is 28.3. The van der Waals surface area contributed by atoms with E-state index in [0.717, 1.165) is 5.92 Å². The molecule has 0 aromatic heterocycles. The Kier molecular flexibility index (Phi) is 1.76. The van der Waals surface area contributed by atoms with Crippen molar-refractivity contribution in [2.75, 3.05) is 0 Å². The van der Waals surface area contributed by atoms with Crippen LogP contribution in [-0.4, -0.2) is 8.07 Å². The van der Waals surface area contributed by atoms with E-state index in [9.17, 15) is 0 Å². The van der Waals surface area contributed by atoms with Crippen molar-refractivity contribution in [3.8, 4) is 0 Å². The lowest BCUT2D eigenvalue weighted by Gasteiger charge is -2.49. The van der Waals surface area contributed by atoms with Crippen molar-refractivity contribution in [2.45, 2.75) is 50.4 Å². The molecule has 0 aromatic rings. The van der Waals surface area contributed by atoms with E-state index < -0.39 is 8.07 Å². The fourth-order valence-corrected chi connectivity index (χ4v) is 5.22. The SMILES string of the molecule is C[Si](C)(C)C12C=CC(CC1)CC2. The van der Waals surface area contributed by atoms with Gasteiger partial charge in [-0.15, -0.1) is 0 Å². The van der Waals surface area contributed by atoms with Crippen LogP contribution in [0.15, 0.2) is 12.2 Å². The van der Waals surface area contributed by atoms with Crippen LogP contribution in [0.4, 0.5) is 0 Å². The van der Waals surface area contributed by atoms with Gasteiger partial charge in [0.25, 0.3) is 0 Å². The highest BCUT2D eigenvalue weighted by molar-refractivity contribution is 6.79. The molecular formula is C11H20Si. The van der Waals surface area contributed by atoms with Gasteiger partial charge in [0, 0.05) is 0 Å². The summed E-state index contributed by atoms with van der Waals surface area (Å²) < 4.78 is 0. The highest BCUT2D eigenvalue weighted by Gasteiger charge is 2.45. The Balaban J connectivity index is 2.31. The Bertz CT molecular complexity index is 202. The minimum Gasteiger partial charge on any atom is -0.0852 e. The summed E-state index contributed by atoms with van der Waals surface area (Å²) in [7, 11) is -0.956. The number of allylic oxidation sites excluding steroid dienone is 2. The molecule has 1 fully saturated rings. The van der Waals surface area contributed by atoms with E-state index in [1.807, 2.05) is 0 Å². The summed E-state index contributed by atoms with van der Waals surface area (Å²) in [4.78, 5) is 0. The van der Waals surface area contributed by atoms with E-state index in [0.29, 0.717) is 5.04 Å². The van der Waals surface area contributed by atoms with Gasteiger partial charge in [0.15, 0.2) is 0 Å². The lowest BCUT2D eigenvalue weighted by atomic mass is 9.75. The third-order valence-electron chi connectivity index (χ3n) is 4.10. The second-order valence-corrected chi connectivity index (χ2v) is 11.1. The van der Waals surface area contributed by atoms with Crippen molar-refractivity contribution in [1.82, 2.24) is 0 Å². The molecule has 3 aliphatic rings. The van der Waals surface area contributed by atoms with Crippen LogP contribution in [0.2, 0.25) is 24.7 Å². The Morgan fingerprint density at radius 3 is 2.00 bits per heavy atom. The molecule has 1 saturated carbocycles. The molecule has 0 heterocycles. The Hall–Kier alpha value is -0.0431. The number of hydrogen-bond donors (Lipinski definition) is 0. The minimum absolute atomic E-state index is 0.682. The van der Waals surface area contributed by atoms with Crippen molar-refractivity contribution < 1.29 is 0 Å². The number of rotatable bonds is 1. The van der Waals surface area contributed by atoms with Gasteiger partial charge >= 0.3 is 0 Å². The minimum atomic E-state index is -0.956. The maximum absolute atomic E-state index is 2.58. The third kappa shape index (κ3) is 1.10. The average molecular weight is 180 g/mol. The molecule has 1 heteroatoms. The molecule has 0 nitrogen and oxygen atoms in total. The molecule has 12 heavy (non-hydrogen) atoms. The van der Waals surface area contributed by atoms with Crippen molar-refractivity contribution >= 4 is 8.07 Å². The van der Waals surface area contributed by atoms with E-state index in [2.05, 4.69) is 31.8 Å². The quantitative estimate of drug-likeness (QED) is 0.425. The van der Waals surface area contributed by atoms with E-state index in [1.54, 1.807) is 0 Å². The fourth-order valence-electron chi connectivity index (χ4n) is 2.83. The molecule has 0 aliphatic heterocycles. The second-order valence-electron chi connectivity index (χ2n) is 5.60. The van der Waals surface area contributed by atoms with Gasteiger partial charge in [-0.3, -0.25) is 0 Å². The molecule has 0 radical (unpaired) electrons. The van der Waals surface area contributed by atoms with Gasteiger partial charge in [-0.25, -0.2) is 0 Å². The van der Waals surface area contributed by atoms with Gasteiger partial charge in [0.05, 0.1) is 8.07 Å². The van der Waals surface area contributed by atoms with Crippen LogP contribution in [0, 0.1) is 5.92 Å². The summed E-state index contributed by atoms with van der Waals surface area (Å²) in [6, 6.07) is 0. The van der Waals surface area contributed by atoms with Crippen molar-refractivity contribution in [3.63, 3.8) is 0 Å². The molecule has 0 unspecified atom stereocenters. The topological polar surface area (TPSA) is 0 Å². The van der Waals surface area contributed by atoms with Gasteiger partial charge in [-0.1, -0.05) is 31.8 Å². The lowest BCUT2D eigenvalue weighted by molar-refractivity contribution is 0.333. The van der Waals surface area contributed by atoms with E-state index >= 15 is 0 Å². The Labute approximate surface area is 77.1 Å². The van der Waals surface area contributed by atoms with Crippen LogP contribution in [-0.2, 0) is 0 Å². The standard InChI is InChI=1S/C11H20Si/c1-12(2,3)11-7-4-10(5-8-11)6-9-11/h4,7,10H,5-6,8-9H2,1-3H3. The summed E-state index contributed by atoms with van der Waals surface area (Å²) in [6.45, 7) is 7.59. The van der Waals surface area contributed by atoms with Crippen LogP contribution >= 0.6 is 0 Å². The van der Waals surface area contributed by atoms with Crippen molar-refractivity contribution in [2.24, 2.45) is 5.92 Å². The van der Waals surface area contributed by atoms with E-state index in [4.69, 9.17) is 0 Å². The van der Waals surface area contributed by atoms with Crippen LogP contribution in [0.3, 0.4) is 0 Å². The maximum Gasteiger partial charge on any atom is 0.0549 e. The highest BCUT2D eigenvalue weighted by Crippen LogP contribution is 2.56. The third-order valence-corrected chi connectivity index (χ3v) is 7.76. The molecule has 0 saturated heterocycles. The summed E-state index contributed by atoms with van der Waals surface area (Å²) in [5, 5.41) is 0.682. The van der Waals surface area contributed by atoms with E-state index in [-0.39, 0.29) is 0 Å². The second kappa shape index (κ2) is 2.47. The van der Waals surface area contributed by atoms with Crippen LogP contribution in [0.1, 0.15) is 25.7 Å². The molecule has 0 atom stereocenters. The normalized spacial score (nSPS) is 40.4. The summed E-state index contributed by atoms with van der Waals surface area (Å²) in [5.41, 5.74) is 0. The number of fused-ring (bicyclic) bond motifs is 2. The van der Waals surface area contributed by atoms with E-state index in [1.165, 1.54) is 25.7 Å². The Morgan fingerprint density at radius 2 is 1.75 bits per heavy atom. The molecule has 68 valence electrons. The first-order valence-electron chi connectivity index (χ1n) is 5.23. The van der Waals surface area contributed by atoms with Gasteiger partial charge in [0.2, 0.25) is 0 Å². The first-order chi connectivity index (χ1) is 5.54. The van der Waals surface area contributed by atoms with Crippen molar-refractivity contribution in [3.05, 3.63) is 12.2 Å². The summed E-state index contributed by atoms with van der Waals surface area (Å²) in [6.07, 6.45) is 11.0. The molecule has 0 aromatic carbocycles. The first-order valence-corrected chi connectivity index (χ1v) is 8.73. The van der Waals surface area contributed by atoms with Gasteiger partial charge in [0.1, 0.15) is 0 Å². The molecule has 3 rings (SSSR count).